The summed E-state index contributed by atoms with van der Waals surface area (Å²) in [5, 5.41) is 2.94. The van der Waals surface area contributed by atoms with Crippen LogP contribution in [0.2, 0.25) is 0 Å². The van der Waals surface area contributed by atoms with Crippen molar-refractivity contribution in [2.45, 2.75) is 31.7 Å². The van der Waals surface area contributed by atoms with E-state index in [2.05, 4.69) is 10.3 Å². The van der Waals surface area contributed by atoms with E-state index in [1.165, 1.54) is 6.07 Å². The molecule has 0 aliphatic heterocycles. The van der Waals surface area contributed by atoms with Crippen LogP contribution >= 0.6 is 24.8 Å². The molecule has 8 heteroatoms. The van der Waals surface area contributed by atoms with E-state index in [-0.39, 0.29) is 48.5 Å². The first-order valence-corrected chi connectivity index (χ1v) is 7.69. The average Bonchev–Trinajstić information content (AvgIpc) is 3.06. The van der Waals surface area contributed by atoms with Crippen molar-refractivity contribution in [2.24, 2.45) is 18.7 Å². The van der Waals surface area contributed by atoms with Crippen molar-refractivity contribution < 1.29 is 9.18 Å². The molecule has 0 radical (unpaired) electrons. The van der Waals surface area contributed by atoms with Crippen LogP contribution in [0.5, 0.6) is 0 Å². The van der Waals surface area contributed by atoms with Gasteiger partial charge in [-0.2, -0.15) is 0 Å². The van der Waals surface area contributed by atoms with Crippen molar-refractivity contribution in [3.05, 3.63) is 29.8 Å². The highest BCUT2D eigenvalue weighted by Crippen LogP contribution is 2.24. The molecule has 3 N–H and O–H groups in total. The van der Waals surface area contributed by atoms with E-state index in [0.29, 0.717) is 18.5 Å². The Bertz CT molecular complexity index is 707. The summed E-state index contributed by atoms with van der Waals surface area (Å²) < 4.78 is 15.6. The molecular weight excluding hydrogens is 354 g/mol. The average molecular weight is 377 g/mol. The predicted octanol–water partition coefficient (Wildman–Crippen LogP) is 2.34. The molecule has 0 spiro atoms. The van der Waals surface area contributed by atoms with Gasteiger partial charge in [0.1, 0.15) is 11.3 Å². The van der Waals surface area contributed by atoms with Gasteiger partial charge in [-0.15, -0.1) is 24.8 Å². The second-order valence-corrected chi connectivity index (χ2v) is 6.01. The van der Waals surface area contributed by atoms with E-state index < -0.39 is 0 Å². The number of amides is 1. The zero-order valence-corrected chi connectivity index (χ0v) is 15.1. The SMILES string of the molecule is Cl.Cl.Cn1c(CCNC(=O)C2CCC(N)C2)nc2c(F)cccc21. The lowest BCUT2D eigenvalue weighted by Gasteiger charge is -2.10. The lowest BCUT2D eigenvalue weighted by molar-refractivity contribution is -0.124. The smallest absolute Gasteiger partial charge is 0.223 e. The first kappa shape index (κ1) is 20.7. The molecule has 1 aromatic heterocycles. The van der Waals surface area contributed by atoms with Crippen LogP contribution < -0.4 is 11.1 Å². The number of imidazole rings is 1. The molecule has 0 bridgehead atoms. The minimum atomic E-state index is -0.316. The second-order valence-electron chi connectivity index (χ2n) is 6.01. The van der Waals surface area contributed by atoms with Crippen LogP contribution in [0, 0.1) is 11.7 Å². The number of nitrogens with zero attached hydrogens (tertiary/aromatic N) is 2. The van der Waals surface area contributed by atoms with Crippen molar-refractivity contribution in [2.75, 3.05) is 6.54 Å². The van der Waals surface area contributed by atoms with Gasteiger partial charge in [-0.05, 0) is 31.4 Å². The van der Waals surface area contributed by atoms with E-state index in [9.17, 15) is 9.18 Å². The second kappa shape index (κ2) is 8.65. The number of rotatable bonds is 4. The molecule has 1 aliphatic rings. The van der Waals surface area contributed by atoms with Crippen LogP contribution in [0.25, 0.3) is 11.0 Å². The van der Waals surface area contributed by atoms with Crippen molar-refractivity contribution in [1.82, 2.24) is 14.9 Å². The number of para-hydroxylation sites is 1. The molecule has 1 saturated carbocycles. The Labute approximate surface area is 153 Å². The maximum absolute atomic E-state index is 13.7. The van der Waals surface area contributed by atoms with Crippen LogP contribution in [0.3, 0.4) is 0 Å². The number of aryl methyl sites for hydroxylation is 1. The standard InChI is InChI=1S/C16H21FN4O.2ClH/c1-21-13-4-2-3-12(17)15(13)20-14(21)7-8-19-16(22)10-5-6-11(18)9-10;;/h2-4,10-11H,5-9,18H2,1H3,(H,19,22);2*1H. The van der Waals surface area contributed by atoms with Crippen molar-refractivity contribution in [3.8, 4) is 0 Å². The Morgan fingerprint density at radius 2 is 2.17 bits per heavy atom. The fraction of sp³-hybridized carbons (Fsp3) is 0.500. The molecule has 1 fully saturated rings. The summed E-state index contributed by atoms with van der Waals surface area (Å²) in [6.07, 6.45) is 3.13. The number of nitrogens with one attached hydrogen (secondary N) is 1. The summed E-state index contributed by atoms with van der Waals surface area (Å²) in [6.45, 7) is 0.503. The predicted molar refractivity (Wildman–Crippen MR) is 97.2 cm³/mol. The number of nitrogens with two attached hydrogens (primary N) is 1. The summed E-state index contributed by atoms with van der Waals surface area (Å²) in [5.41, 5.74) is 6.98. The highest BCUT2D eigenvalue weighted by molar-refractivity contribution is 5.85. The van der Waals surface area contributed by atoms with Gasteiger partial charge < -0.3 is 15.6 Å². The van der Waals surface area contributed by atoms with Gasteiger partial charge in [0.05, 0.1) is 5.52 Å². The molecule has 134 valence electrons. The number of carbonyl (C=O) groups is 1. The Hall–Kier alpha value is -1.37. The summed E-state index contributed by atoms with van der Waals surface area (Å²) in [7, 11) is 1.86. The highest BCUT2D eigenvalue weighted by atomic mass is 35.5. The molecule has 3 rings (SSSR count). The zero-order chi connectivity index (χ0) is 15.7. The van der Waals surface area contributed by atoms with Gasteiger partial charge >= 0.3 is 0 Å². The molecule has 2 unspecified atom stereocenters. The third-order valence-electron chi connectivity index (χ3n) is 4.45. The zero-order valence-electron chi connectivity index (χ0n) is 13.5. The summed E-state index contributed by atoms with van der Waals surface area (Å²) in [4.78, 5) is 16.4. The molecule has 1 amide bonds. The Morgan fingerprint density at radius 3 is 2.79 bits per heavy atom. The topological polar surface area (TPSA) is 72.9 Å². The highest BCUT2D eigenvalue weighted by Gasteiger charge is 2.27. The third-order valence-corrected chi connectivity index (χ3v) is 4.45. The van der Waals surface area contributed by atoms with E-state index in [0.717, 1.165) is 30.6 Å². The fourth-order valence-corrected chi connectivity index (χ4v) is 3.15. The van der Waals surface area contributed by atoms with Crippen LogP contribution in [0.1, 0.15) is 25.1 Å². The molecule has 5 nitrogen and oxygen atoms in total. The molecule has 1 heterocycles. The molecule has 1 aliphatic carbocycles. The number of halogens is 3. The van der Waals surface area contributed by atoms with Gasteiger partial charge in [0.2, 0.25) is 5.91 Å². The largest absolute Gasteiger partial charge is 0.355 e. The normalized spacial score (nSPS) is 19.6. The fourth-order valence-electron chi connectivity index (χ4n) is 3.15. The monoisotopic (exact) mass is 376 g/mol. The van der Waals surface area contributed by atoms with Crippen LogP contribution in [0.4, 0.5) is 4.39 Å². The van der Waals surface area contributed by atoms with Crippen molar-refractivity contribution >= 4 is 41.8 Å². The third kappa shape index (κ3) is 4.18. The van der Waals surface area contributed by atoms with E-state index >= 15 is 0 Å². The number of benzene rings is 1. The van der Waals surface area contributed by atoms with Gasteiger partial charge in [0.25, 0.3) is 0 Å². The van der Waals surface area contributed by atoms with Crippen LogP contribution in [-0.4, -0.2) is 28.0 Å². The van der Waals surface area contributed by atoms with Crippen molar-refractivity contribution in [1.29, 1.82) is 0 Å². The maximum atomic E-state index is 13.7. The first-order valence-electron chi connectivity index (χ1n) is 7.69. The lowest BCUT2D eigenvalue weighted by Crippen LogP contribution is -2.32. The number of hydrogen-bond donors (Lipinski definition) is 2. The van der Waals surface area contributed by atoms with Gasteiger partial charge in [-0.25, -0.2) is 9.37 Å². The van der Waals surface area contributed by atoms with Gasteiger partial charge in [0.15, 0.2) is 5.82 Å². The van der Waals surface area contributed by atoms with Gasteiger partial charge in [0, 0.05) is 32.0 Å². The maximum Gasteiger partial charge on any atom is 0.223 e. The molecule has 0 saturated heterocycles. The van der Waals surface area contributed by atoms with Crippen molar-refractivity contribution in [3.63, 3.8) is 0 Å². The lowest BCUT2D eigenvalue weighted by atomic mass is 10.1. The molecular formula is C16H23Cl2FN4O. The minimum Gasteiger partial charge on any atom is -0.355 e. The number of carbonyl (C=O) groups excluding carboxylic acids is 1. The quantitative estimate of drug-likeness (QED) is 0.859. The minimum absolute atomic E-state index is 0. The molecule has 2 aromatic rings. The first-order chi connectivity index (χ1) is 10.6. The van der Waals surface area contributed by atoms with Crippen LogP contribution in [-0.2, 0) is 18.3 Å². The van der Waals surface area contributed by atoms with Gasteiger partial charge in [-0.1, -0.05) is 6.07 Å². The summed E-state index contributed by atoms with van der Waals surface area (Å²) >= 11 is 0. The molecule has 2 atom stereocenters. The Morgan fingerprint density at radius 1 is 1.42 bits per heavy atom. The summed E-state index contributed by atoms with van der Waals surface area (Å²) in [5.74, 6) is 0.553. The molecule has 1 aromatic carbocycles. The number of fused-ring (bicyclic) bond motifs is 1. The van der Waals surface area contributed by atoms with E-state index in [1.807, 2.05) is 17.7 Å². The molecule has 24 heavy (non-hydrogen) atoms. The Balaban J connectivity index is 0.00000144. The van der Waals surface area contributed by atoms with Gasteiger partial charge in [-0.3, -0.25) is 4.79 Å². The van der Waals surface area contributed by atoms with E-state index in [1.54, 1.807) is 6.07 Å². The number of aromatic nitrogens is 2. The van der Waals surface area contributed by atoms with Crippen LogP contribution in [0.15, 0.2) is 18.2 Å². The summed E-state index contributed by atoms with van der Waals surface area (Å²) in [6, 6.07) is 5.07. The number of hydrogen-bond acceptors (Lipinski definition) is 3. The Kier molecular flexibility index (Phi) is 7.45. The van der Waals surface area contributed by atoms with E-state index in [4.69, 9.17) is 5.73 Å².